The first-order chi connectivity index (χ1) is 9.41. The van der Waals surface area contributed by atoms with Crippen LogP contribution >= 0.6 is 0 Å². The predicted molar refractivity (Wildman–Crippen MR) is 64.1 cm³/mol. The van der Waals surface area contributed by atoms with E-state index in [1.165, 1.54) is 7.11 Å². The van der Waals surface area contributed by atoms with Crippen LogP contribution in [-0.2, 0) is 16.1 Å². The van der Waals surface area contributed by atoms with E-state index in [1.807, 2.05) is 0 Å². The fraction of sp³-hybridized carbons (Fsp3) is 0.231. The van der Waals surface area contributed by atoms with Crippen molar-refractivity contribution >= 4 is 16.9 Å². The molecular weight excluding hydrogens is 275 g/mol. The van der Waals surface area contributed by atoms with Gasteiger partial charge >= 0.3 is 12.1 Å². The molecule has 0 N–H and O–H groups in total. The summed E-state index contributed by atoms with van der Waals surface area (Å²) in [5.74, 6) is -2.70. The van der Waals surface area contributed by atoms with Crippen LogP contribution in [0, 0.1) is 0 Å². The van der Waals surface area contributed by atoms with Crippen molar-refractivity contribution in [2.75, 3.05) is 7.11 Å². The molecule has 1 aromatic heterocycles. The molecule has 0 saturated carbocycles. The number of hydrogen-bond donors (Lipinski definition) is 0. The van der Waals surface area contributed by atoms with Crippen molar-refractivity contribution in [1.82, 2.24) is 4.98 Å². The Labute approximate surface area is 112 Å². The highest BCUT2D eigenvalue weighted by atomic mass is 19.4. The minimum atomic E-state index is -5.07. The normalized spacial score (nSPS) is 11.6. The lowest BCUT2D eigenvalue weighted by molar-refractivity contribution is -0.190. The fourth-order valence-electron chi connectivity index (χ4n) is 1.63. The lowest BCUT2D eigenvalue weighted by Gasteiger charge is -2.11. The van der Waals surface area contributed by atoms with Crippen molar-refractivity contribution in [3.8, 4) is 5.88 Å². The molecule has 0 amide bonds. The van der Waals surface area contributed by atoms with Crippen molar-refractivity contribution in [3.63, 3.8) is 0 Å². The quantitative estimate of drug-likeness (QED) is 0.814. The van der Waals surface area contributed by atoms with Gasteiger partial charge < -0.3 is 9.47 Å². The van der Waals surface area contributed by atoms with Crippen molar-refractivity contribution in [2.45, 2.75) is 12.8 Å². The molecule has 2 rings (SSSR count). The van der Waals surface area contributed by atoms with E-state index < -0.39 is 18.0 Å². The molecule has 0 unspecified atom stereocenters. The summed E-state index contributed by atoms with van der Waals surface area (Å²) in [6, 6.07) is 8.38. The van der Waals surface area contributed by atoms with Gasteiger partial charge in [0.2, 0.25) is 5.88 Å². The zero-order chi connectivity index (χ0) is 14.8. The molecule has 4 nitrogen and oxygen atoms in total. The number of carbonyl (C=O) groups excluding carboxylic acids is 1. The Morgan fingerprint density at radius 1 is 1.30 bits per heavy atom. The number of para-hydroxylation sites is 1. The number of fused-ring (bicyclic) bond motifs is 1. The summed E-state index contributed by atoms with van der Waals surface area (Å²) in [7, 11) is 1.38. The minimum absolute atomic E-state index is 0.0156. The first-order valence-electron chi connectivity index (χ1n) is 5.58. The highest BCUT2D eigenvalue weighted by molar-refractivity contribution is 5.82. The van der Waals surface area contributed by atoms with E-state index in [2.05, 4.69) is 9.72 Å². The van der Waals surface area contributed by atoms with Gasteiger partial charge in [-0.3, -0.25) is 0 Å². The summed E-state index contributed by atoms with van der Waals surface area (Å²) in [5.41, 5.74) is 0.695. The molecule has 7 heteroatoms. The smallest absolute Gasteiger partial charge is 0.400 e. The first kappa shape index (κ1) is 14.3. The largest absolute Gasteiger partial charge is 0.491 e. The molecule has 0 bridgehead atoms. The number of esters is 1. The average Bonchev–Trinajstić information content (AvgIpc) is 2.38. The summed E-state index contributed by atoms with van der Waals surface area (Å²) in [6.45, 7) is -0.0156. The van der Waals surface area contributed by atoms with Gasteiger partial charge in [0.05, 0.1) is 12.1 Å². The van der Waals surface area contributed by atoms with Crippen LogP contribution in [0.15, 0.2) is 30.3 Å². The summed E-state index contributed by atoms with van der Waals surface area (Å²) in [4.78, 5) is 14.8. The third-order valence-corrected chi connectivity index (χ3v) is 2.48. The number of benzene rings is 1. The number of halogens is 3. The lowest BCUT2D eigenvalue weighted by Crippen LogP contribution is -2.28. The predicted octanol–water partition coefficient (Wildman–Crippen LogP) is 2.85. The second-order valence-electron chi connectivity index (χ2n) is 3.97. The van der Waals surface area contributed by atoms with E-state index in [0.717, 1.165) is 0 Å². The molecule has 0 atom stereocenters. The van der Waals surface area contributed by atoms with Crippen molar-refractivity contribution < 1.29 is 27.4 Å². The van der Waals surface area contributed by atoms with Crippen LogP contribution in [0.5, 0.6) is 5.88 Å². The number of aromatic nitrogens is 1. The zero-order valence-corrected chi connectivity index (χ0v) is 10.4. The second-order valence-corrected chi connectivity index (χ2v) is 3.97. The van der Waals surface area contributed by atoms with E-state index in [9.17, 15) is 18.0 Å². The molecule has 20 heavy (non-hydrogen) atoms. The van der Waals surface area contributed by atoms with E-state index in [-0.39, 0.29) is 12.2 Å². The Morgan fingerprint density at radius 3 is 2.65 bits per heavy atom. The summed E-state index contributed by atoms with van der Waals surface area (Å²) in [6.07, 6.45) is -5.07. The molecule has 1 aromatic carbocycles. The number of pyridine rings is 1. The highest BCUT2D eigenvalue weighted by Crippen LogP contribution is 2.25. The highest BCUT2D eigenvalue weighted by Gasteiger charge is 2.42. The SMILES string of the molecule is COCc1cc2ccccc2nc1OC(=O)C(F)(F)F. The molecule has 0 saturated heterocycles. The third-order valence-electron chi connectivity index (χ3n) is 2.48. The van der Waals surface area contributed by atoms with Gasteiger partial charge in [0, 0.05) is 18.1 Å². The summed E-state index contributed by atoms with van der Waals surface area (Å²) < 4.78 is 45.9. The molecule has 106 valence electrons. The van der Waals surface area contributed by atoms with Crippen molar-refractivity contribution in [3.05, 3.63) is 35.9 Å². The number of rotatable bonds is 3. The number of ether oxygens (including phenoxy) is 2. The number of carbonyl (C=O) groups is 1. The van der Waals surface area contributed by atoms with Crippen LogP contribution in [-0.4, -0.2) is 24.2 Å². The molecule has 0 fully saturated rings. The Bertz CT molecular complexity index is 640. The topological polar surface area (TPSA) is 48.4 Å². The number of nitrogens with zero attached hydrogens (tertiary/aromatic N) is 1. The average molecular weight is 285 g/mol. The minimum Gasteiger partial charge on any atom is -0.400 e. The van der Waals surface area contributed by atoms with Gasteiger partial charge in [0.25, 0.3) is 0 Å². The zero-order valence-electron chi connectivity index (χ0n) is 10.4. The molecule has 0 spiro atoms. The van der Waals surface area contributed by atoms with Crippen LogP contribution in [0.1, 0.15) is 5.56 Å². The number of methoxy groups -OCH3 is 1. The van der Waals surface area contributed by atoms with Gasteiger partial charge in [-0.15, -0.1) is 0 Å². The molecule has 0 aliphatic heterocycles. The third kappa shape index (κ3) is 3.05. The molecule has 0 aliphatic rings. The van der Waals surface area contributed by atoms with E-state index >= 15 is 0 Å². The number of alkyl halides is 3. The fourth-order valence-corrected chi connectivity index (χ4v) is 1.63. The Balaban J connectivity index is 2.44. The maximum atomic E-state index is 12.2. The monoisotopic (exact) mass is 285 g/mol. The van der Waals surface area contributed by atoms with Crippen molar-refractivity contribution in [2.24, 2.45) is 0 Å². The van der Waals surface area contributed by atoms with Gasteiger partial charge in [-0.05, 0) is 12.1 Å². The Kier molecular flexibility index (Phi) is 3.89. The molecule has 0 aliphatic carbocycles. The van der Waals surface area contributed by atoms with Gasteiger partial charge in [-0.2, -0.15) is 13.2 Å². The Hall–Kier alpha value is -2.15. The van der Waals surface area contributed by atoms with Crippen molar-refractivity contribution in [1.29, 1.82) is 0 Å². The number of hydrogen-bond acceptors (Lipinski definition) is 4. The lowest BCUT2D eigenvalue weighted by atomic mass is 10.1. The molecule has 1 heterocycles. The van der Waals surface area contributed by atoms with Crippen LogP contribution < -0.4 is 4.74 Å². The molecule has 0 radical (unpaired) electrons. The van der Waals surface area contributed by atoms with Crippen LogP contribution in [0.4, 0.5) is 13.2 Å². The molecular formula is C13H10F3NO3. The van der Waals surface area contributed by atoms with Gasteiger partial charge in [-0.25, -0.2) is 9.78 Å². The van der Waals surface area contributed by atoms with E-state index in [1.54, 1.807) is 30.3 Å². The second kappa shape index (κ2) is 5.46. The van der Waals surface area contributed by atoms with Gasteiger partial charge in [-0.1, -0.05) is 18.2 Å². The van der Waals surface area contributed by atoms with E-state index in [0.29, 0.717) is 10.9 Å². The summed E-state index contributed by atoms with van der Waals surface area (Å²) >= 11 is 0. The van der Waals surface area contributed by atoms with Gasteiger partial charge in [0.1, 0.15) is 0 Å². The Morgan fingerprint density at radius 2 is 2.00 bits per heavy atom. The van der Waals surface area contributed by atoms with Crippen LogP contribution in [0.2, 0.25) is 0 Å². The van der Waals surface area contributed by atoms with Crippen LogP contribution in [0.3, 0.4) is 0 Å². The maximum absolute atomic E-state index is 12.2. The standard InChI is InChI=1S/C13H10F3NO3/c1-19-7-9-6-8-4-2-3-5-10(8)17-11(9)20-12(18)13(14,15)16/h2-6H,7H2,1H3. The molecule has 2 aromatic rings. The summed E-state index contributed by atoms with van der Waals surface area (Å²) in [5, 5.41) is 0.714. The van der Waals surface area contributed by atoms with Crippen LogP contribution in [0.25, 0.3) is 10.9 Å². The first-order valence-corrected chi connectivity index (χ1v) is 5.58. The van der Waals surface area contributed by atoms with Gasteiger partial charge in [0.15, 0.2) is 0 Å². The van der Waals surface area contributed by atoms with E-state index in [4.69, 9.17) is 4.74 Å². The maximum Gasteiger partial charge on any atom is 0.491 e.